The fraction of sp³-hybridized carbons (Fsp3) is 0. The van der Waals surface area contributed by atoms with E-state index >= 15 is 0 Å². The maximum atomic E-state index is 12.0. The third-order valence-corrected chi connectivity index (χ3v) is 2.77. The quantitative estimate of drug-likeness (QED) is 0.647. The van der Waals surface area contributed by atoms with Gasteiger partial charge in [0.2, 0.25) is 5.56 Å². The van der Waals surface area contributed by atoms with E-state index < -0.39 is 0 Å². The molecule has 6 nitrogen and oxygen atoms in total. The Hall–Kier alpha value is -2.89. The van der Waals surface area contributed by atoms with Gasteiger partial charge >= 0.3 is 0 Å². The second-order valence-corrected chi connectivity index (χ2v) is 4.03. The lowest BCUT2D eigenvalue weighted by molar-refractivity contribution is 0.102. The van der Waals surface area contributed by atoms with E-state index in [0.29, 0.717) is 11.3 Å². The fourth-order valence-corrected chi connectivity index (χ4v) is 1.86. The van der Waals surface area contributed by atoms with Crippen LogP contribution < -0.4 is 10.9 Å². The highest BCUT2D eigenvalue weighted by Crippen LogP contribution is 2.21. The second-order valence-electron chi connectivity index (χ2n) is 4.03. The van der Waals surface area contributed by atoms with Crippen molar-refractivity contribution in [2.75, 3.05) is 5.32 Å². The molecule has 0 aliphatic rings. The van der Waals surface area contributed by atoms with E-state index in [1.165, 1.54) is 12.3 Å². The number of pyridine rings is 1. The van der Waals surface area contributed by atoms with Crippen molar-refractivity contribution in [1.29, 1.82) is 0 Å². The van der Waals surface area contributed by atoms with E-state index in [1.807, 2.05) is 12.1 Å². The van der Waals surface area contributed by atoms with Gasteiger partial charge in [-0.05, 0) is 18.2 Å². The van der Waals surface area contributed by atoms with Gasteiger partial charge in [0.1, 0.15) is 0 Å². The first-order valence-electron chi connectivity index (χ1n) is 5.66. The second kappa shape index (κ2) is 4.41. The van der Waals surface area contributed by atoms with E-state index in [9.17, 15) is 9.59 Å². The van der Waals surface area contributed by atoms with Crippen LogP contribution in [0.5, 0.6) is 0 Å². The van der Waals surface area contributed by atoms with Crippen LogP contribution in [-0.4, -0.2) is 21.1 Å². The molecule has 6 heteroatoms. The summed E-state index contributed by atoms with van der Waals surface area (Å²) in [7, 11) is 0. The Morgan fingerprint density at radius 3 is 3.00 bits per heavy atom. The zero-order chi connectivity index (χ0) is 13.2. The number of carbonyl (C=O) groups excluding carboxylic acids is 1. The lowest BCUT2D eigenvalue weighted by atomic mass is 10.2. The number of nitrogens with one attached hydrogen (secondary N) is 3. The van der Waals surface area contributed by atoms with Crippen LogP contribution in [0.25, 0.3) is 10.9 Å². The molecule has 94 valence electrons. The molecule has 0 unspecified atom stereocenters. The van der Waals surface area contributed by atoms with Gasteiger partial charge < -0.3 is 10.3 Å². The maximum Gasteiger partial charge on any atom is 0.255 e. The van der Waals surface area contributed by atoms with Crippen molar-refractivity contribution in [3.8, 4) is 0 Å². The molecule has 0 atom stereocenters. The van der Waals surface area contributed by atoms with Gasteiger partial charge in [-0.25, -0.2) is 0 Å². The van der Waals surface area contributed by atoms with Crippen LogP contribution in [0.3, 0.4) is 0 Å². The summed E-state index contributed by atoms with van der Waals surface area (Å²) in [6.07, 6.45) is 3.08. The minimum atomic E-state index is -0.334. The Balaban J connectivity index is 1.95. The minimum absolute atomic E-state index is 0.309. The summed E-state index contributed by atoms with van der Waals surface area (Å²) in [6.45, 7) is 0. The van der Waals surface area contributed by atoms with Crippen LogP contribution in [0.15, 0.2) is 47.5 Å². The number of aromatic amines is 2. The fourth-order valence-electron chi connectivity index (χ4n) is 1.86. The van der Waals surface area contributed by atoms with Gasteiger partial charge in [0.25, 0.3) is 5.91 Å². The van der Waals surface area contributed by atoms with E-state index in [1.54, 1.807) is 18.3 Å². The highest BCUT2D eigenvalue weighted by Gasteiger charge is 2.09. The van der Waals surface area contributed by atoms with Gasteiger partial charge in [-0.15, -0.1) is 0 Å². The number of hydrogen-bond donors (Lipinski definition) is 3. The van der Waals surface area contributed by atoms with Gasteiger partial charge in [-0.3, -0.25) is 14.7 Å². The Labute approximate surface area is 107 Å². The molecule has 2 heterocycles. The topological polar surface area (TPSA) is 90.6 Å². The molecule has 0 saturated carbocycles. The molecule has 0 saturated heterocycles. The lowest BCUT2D eigenvalue weighted by Gasteiger charge is -2.05. The van der Waals surface area contributed by atoms with E-state index in [-0.39, 0.29) is 11.5 Å². The van der Waals surface area contributed by atoms with Crippen LogP contribution in [0.4, 0.5) is 5.69 Å². The summed E-state index contributed by atoms with van der Waals surface area (Å²) in [5.74, 6) is -0.334. The van der Waals surface area contributed by atoms with Crippen molar-refractivity contribution in [3.05, 3.63) is 58.6 Å². The van der Waals surface area contributed by atoms with Crippen LogP contribution in [-0.2, 0) is 0 Å². The molecule has 1 aromatic carbocycles. The molecule has 3 N–H and O–H groups in total. The van der Waals surface area contributed by atoms with Gasteiger partial charge in [-0.2, -0.15) is 5.10 Å². The van der Waals surface area contributed by atoms with Crippen molar-refractivity contribution < 1.29 is 4.79 Å². The average molecular weight is 254 g/mol. The molecule has 0 spiro atoms. The highest BCUT2D eigenvalue weighted by molar-refractivity contribution is 6.08. The number of rotatable bonds is 2. The van der Waals surface area contributed by atoms with Crippen molar-refractivity contribution in [3.63, 3.8) is 0 Å². The highest BCUT2D eigenvalue weighted by atomic mass is 16.2. The summed E-state index contributed by atoms with van der Waals surface area (Å²) in [4.78, 5) is 25.7. The number of fused-ring (bicyclic) bond motifs is 1. The molecule has 3 aromatic rings. The number of aromatic nitrogens is 3. The molecular formula is C13H10N4O2. The van der Waals surface area contributed by atoms with Crippen molar-refractivity contribution >= 4 is 22.5 Å². The predicted molar refractivity (Wildman–Crippen MR) is 71.1 cm³/mol. The largest absolute Gasteiger partial charge is 0.329 e. The van der Waals surface area contributed by atoms with Crippen molar-refractivity contribution in [2.24, 2.45) is 0 Å². The molecular weight excluding hydrogens is 244 g/mol. The van der Waals surface area contributed by atoms with Gasteiger partial charge in [-0.1, -0.05) is 6.07 Å². The first-order chi connectivity index (χ1) is 9.24. The third-order valence-electron chi connectivity index (χ3n) is 2.77. The number of nitrogens with zero attached hydrogens (tertiary/aromatic N) is 1. The maximum absolute atomic E-state index is 12.0. The first-order valence-corrected chi connectivity index (χ1v) is 5.66. The van der Waals surface area contributed by atoms with Gasteiger partial charge in [0.15, 0.2) is 0 Å². The van der Waals surface area contributed by atoms with E-state index in [4.69, 9.17) is 0 Å². The minimum Gasteiger partial charge on any atom is -0.329 e. The normalized spacial score (nSPS) is 10.5. The van der Waals surface area contributed by atoms with Crippen LogP contribution in [0.2, 0.25) is 0 Å². The van der Waals surface area contributed by atoms with Crippen molar-refractivity contribution in [2.45, 2.75) is 0 Å². The van der Waals surface area contributed by atoms with Crippen LogP contribution in [0.1, 0.15) is 10.4 Å². The molecule has 2 aromatic heterocycles. The summed E-state index contributed by atoms with van der Waals surface area (Å²) < 4.78 is 0. The van der Waals surface area contributed by atoms with Crippen LogP contribution >= 0.6 is 0 Å². The number of benzene rings is 1. The monoisotopic (exact) mass is 254 g/mol. The molecule has 0 fully saturated rings. The number of hydrogen-bond acceptors (Lipinski definition) is 3. The predicted octanol–water partition coefficient (Wildman–Crippen LogP) is 1.50. The van der Waals surface area contributed by atoms with E-state index in [0.717, 1.165) is 10.9 Å². The molecule has 0 aliphatic heterocycles. The summed E-state index contributed by atoms with van der Waals surface area (Å²) in [5, 5.41) is 10.3. The van der Waals surface area contributed by atoms with Crippen LogP contribution in [0, 0.1) is 0 Å². The smallest absolute Gasteiger partial charge is 0.255 e. The number of H-pyrrole nitrogens is 2. The SMILES string of the molecule is O=C(Nc1cccc2[nH]ncc12)c1cc[nH]c(=O)c1. The first kappa shape index (κ1) is 11.2. The number of amides is 1. The molecule has 0 aliphatic carbocycles. The summed E-state index contributed by atoms with van der Waals surface area (Å²) in [5.41, 5.74) is 1.48. The van der Waals surface area contributed by atoms with Crippen molar-refractivity contribution in [1.82, 2.24) is 15.2 Å². The zero-order valence-corrected chi connectivity index (χ0v) is 9.81. The summed E-state index contributed by atoms with van der Waals surface area (Å²) >= 11 is 0. The van der Waals surface area contributed by atoms with Gasteiger partial charge in [0.05, 0.1) is 17.4 Å². The Morgan fingerprint density at radius 2 is 2.16 bits per heavy atom. The Kier molecular flexibility index (Phi) is 2.60. The number of anilines is 1. The zero-order valence-electron chi connectivity index (χ0n) is 9.81. The molecule has 0 bridgehead atoms. The number of carbonyl (C=O) groups is 1. The standard InChI is InChI=1S/C13H10N4O2/c18-12-6-8(4-5-14-12)13(19)16-10-2-1-3-11-9(10)7-15-17-11/h1-7H,(H,14,18)(H,15,17)(H,16,19). The molecule has 3 rings (SSSR count). The van der Waals surface area contributed by atoms with E-state index in [2.05, 4.69) is 20.5 Å². The van der Waals surface area contributed by atoms with Gasteiger partial charge in [0, 0.05) is 23.2 Å². The average Bonchev–Trinajstić information content (AvgIpc) is 2.88. The molecule has 1 amide bonds. The third kappa shape index (κ3) is 2.11. The molecule has 0 radical (unpaired) electrons. The Bertz CT molecular complexity index is 803. The molecule has 19 heavy (non-hydrogen) atoms. The summed E-state index contributed by atoms with van der Waals surface area (Å²) in [6, 6.07) is 8.26. The lowest BCUT2D eigenvalue weighted by Crippen LogP contribution is -2.15. The Morgan fingerprint density at radius 1 is 1.26 bits per heavy atom.